The first-order valence-electron chi connectivity index (χ1n) is 7.01. The predicted molar refractivity (Wildman–Crippen MR) is 94.7 cm³/mol. The quantitative estimate of drug-likeness (QED) is 0.811. The first-order chi connectivity index (χ1) is 11.5. The largest absolute Gasteiger partial charge is 0.482 e. The van der Waals surface area contributed by atoms with Gasteiger partial charge in [-0.05, 0) is 48.0 Å². The fraction of sp³-hybridized carbons (Fsp3) is 0.0588. The van der Waals surface area contributed by atoms with Crippen LogP contribution in [0.5, 0.6) is 5.75 Å². The highest BCUT2D eigenvalue weighted by Gasteiger charge is 2.16. The van der Waals surface area contributed by atoms with E-state index in [-0.39, 0.29) is 18.4 Å². The third kappa shape index (κ3) is 4.07. The van der Waals surface area contributed by atoms with Crippen LogP contribution in [0.25, 0.3) is 6.08 Å². The Morgan fingerprint density at radius 2 is 1.92 bits per heavy atom. The molecule has 24 heavy (non-hydrogen) atoms. The molecule has 7 heteroatoms. The van der Waals surface area contributed by atoms with Crippen molar-refractivity contribution in [2.75, 3.05) is 17.2 Å². The van der Waals surface area contributed by atoms with Crippen molar-refractivity contribution in [3.63, 3.8) is 0 Å². The number of benzene rings is 2. The van der Waals surface area contributed by atoms with Gasteiger partial charge in [-0.3, -0.25) is 9.59 Å². The van der Waals surface area contributed by atoms with Crippen molar-refractivity contribution in [2.45, 2.75) is 0 Å². The lowest BCUT2D eigenvalue weighted by atomic mass is 10.2. The van der Waals surface area contributed by atoms with E-state index < -0.39 is 0 Å². The fourth-order valence-electron chi connectivity index (χ4n) is 2.19. The van der Waals surface area contributed by atoms with Crippen molar-refractivity contribution < 1.29 is 14.3 Å². The molecule has 0 atom stereocenters. The van der Waals surface area contributed by atoms with Crippen molar-refractivity contribution in [1.29, 1.82) is 0 Å². The van der Waals surface area contributed by atoms with E-state index in [9.17, 15) is 9.59 Å². The van der Waals surface area contributed by atoms with Crippen molar-refractivity contribution in [3.8, 4) is 5.75 Å². The standard InChI is InChI=1S/C17H12Cl2N2O3/c18-11-5-10(6-12(19)7-11)1-4-16(22)20-13-2-3-15-14(8-13)21-17(23)9-24-15/h1-8H,9H2,(H,20,22)(H,21,23). The summed E-state index contributed by atoms with van der Waals surface area (Å²) in [7, 11) is 0. The van der Waals surface area contributed by atoms with Gasteiger partial charge in [0, 0.05) is 21.8 Å². The Hall–Kier alpha value is -2.50. The van der Waals surface area contributed by atoms with Crippen LogP contribution in [-0.4, -0.2) is 18.4 Å². The van der Waals surface area contributed by atoms with Gasteiger partial charge in [0.2, 0.25) is 5.91 Å². The molecule has 2 amide bonds. The number of fused-ring (bicyclic) bond motifs is 1. The molecule has 5 nitrogen and oxygen atoms in total. The van der Waals surface area contributed by atoms with E-state index in [4.69, 9.17) is 27.9 Å². The van der Waals surface area contributed by atoms with E-state index in [1.807, 2.05) is 0 Å². The molecule has 2 N–H and O–H groups in total. The number of hydrogen-bond acceptors (Lipinski definition) is 3. The van der Waals surface area contributed by atoms with Crippen LogP contribution in [0.1, 0.15) is 5.56 Å². The van der Waals surface area contributed by atoms with Gasteiger partial charge in [-0.2, -0.15) is 0 Å². The molecular formula is C17H12Cl2N2O3. The molecule has 0 spiro atoms. The summed E-state index contributed by atoms with van der Waals surface area (Å²) in [5.74, 6) is 0.00881. The van der Waals surface area contributed by atoms with Crippen LogP contribution in [0.15, 0.2) is 42.5 Å². The molecule has 0 aromatic heterocycles. The van der Waals surface area contributed by atoms with Crippen LogP contribution in [0, 0.1) is 0 Å². The van der Waals surface area contributed by atoms with Gasteiger partial charge >= 0.3 is 0 Å². The maximum absolute atomic E-state index is 12.0. The molecule has 0 bridgehead atoms. The maximum Gasteiger partial charge on any atom is 0.262 e. The minimum Gasteiger partial charge on any atom is -0.482 e. The average Bonchev–Trinajstić information content (AvgIpc) is 2.51. The third-order valence-corrected chi connectivity index (χ3v) is 3.63. The molecule has 0 saturated heterocycles. The molecule has 0 saturated carbocycles. The summed E-state index contributed by atoms with van der Waals surface area (Å²) in [4.78, 5) is 23.3. The van der Waals surface area contributed by atoms with E-state index in [1.165, 1.54) is 6.08 Å². The molecule has 1 aliphatic rings. The van der Waals surface area contributed by atoms with Gasteiger partial charge in [0.25, 0.3) is 5.91 Å². The van der Waals surface area contributed by atoms with Crippen LogP contribution < -0.4 is 15.4 Å². The molecule has 122 valence electrons. The number of carbonyl (C=O) groups excluding carboxylic acids is 2. The topological polar surface area (TPSA) is 67.4 Å². The summed E-state index contributed by atoms with van der Waals surface area (Å²) in [5.41, 5.74) is 1.78. The van der Waals surface area contributed by atoms with Gasteiger partial charge in [-0.1, -0.05) is 23.2 Å². The van der Waals surface area contributed by atoms with E-state index in [1.54, 1.807) is 42.5 Å². The predicted octanol–water partition coefficient (Wildman–Crippen LogP) is 3.98. The van der Waals surface area contributed by atoms with Gasteiger partial charge < -0.3 is 15.4 Å². The van der Waals surface area contributed by atoms with E-state index in [0.29, 0.717) is 32.7 Å². The monoisotopic (exact) mass is 362 g/mol. The van der Waals surface area contributed by atoms with Crippen LogP contribution >= 0.6 is 23.2 Å². The SMILES string of the molecule is O=C(C=Cc1cc(Cl)cc(Cl)c1)Nc1ccc2c(c1)NC(=O)CO2. The Morgan fingerprint density at radius 1 is 1.17 bits per heavy atom. The zero-order chi connectivity index (χ0) is 17.1. The van der Waals surface area contributed by atoms with Crippen molar-refractivity contribution in [1.82, 2.24) is 0 Å². The van der Waals surface area contributed by atoms with Crippen molar-refractivity contribution in [2.24, 2.45) is 0 Å². The van der Waals surface area contributed by atoms with Gasteiger partial charge in [0.15, 0.2) is 6.61 Å². The fourth-order valence-corrected chi connectivity index (χ4v) is 2.73. The number of hydrogen-bond donors (Lipinski definition) is 2. The zero-order valence-electron chi connectivity index (χ0n) is 12.3. The van der Waals surface area contributed by atoms with Crippen molar-refractivity contribution >= 4 is 52.5 Å². The van der Waals surface area contributed by atoms with Crippen molar-refractivity contribution in [3.05, 3.63) is 58.1 Å². The maximum atomic E-state index is 12.0. The Balaban J connectivity index is 1.69. The van der Waals surface area contributed by atoms with E-state index >= 15 is 0 Å². The molecule has 0 aliphatic carbocycles. The average molecular weight is 363 g/mol. The van der Waals surface area contributed by atoms with Gasteiger partial charge in [-0.15, -0.1) is 0 Å². The molecule has 0 fully saturated rings. The molecule has 1 aliphatic heterocycles. The summed E-state index contributed by atoms with van der Waals surface area (Å²) in [6, 6.07) is 10.0. The Kier molecular flexibility index (Phi) is 4.74. The highest BCUT2D eigenvalue weighted by atomic mass is 35.5. The smallest absolute Gasteiger partial charge is 0.262 e. The molecule has 0 unspecified atom stereocenters. The normalized spacial score (nSPS) is 13.2. The molecular weight excluding hydrogens is 351 g/mol. The summed E-state index contributed by atoms with van der Waals surface area (Å²) in [6.45, 7) is -0.0103. The summed E-state index contributed by atoms with van der Waals surface area (Å²) < 4.78 is 5.26. The Morgan fingerprint density at radius 3 is 2.67 bits per heavy atom. The summed E-state index contributed by atoms with van der Waals surface area (Å²) >= 11 is 11.8. The van der Waals surface area contributed by atoms with E-state index in [2.05, 4.69) is 10.6 Å². The number of anilines is 2. The number of ether oxygens (including phenoxy) is 1. The van der Waals surface area contributed by atoms with Gasteiger partial charge in [0.1, 0.15) is 5.75 Å². The molecule has 3 rings (SSSR count). The molecule has 2 aromatic rings. The third-order valence-electron chi connectivity index (χ3n) is 3.19. The van der Waals surface area contributed by atoms with Gasteiger partial charge in [-0.25, -0.2) is 0 Å². The molecule has 2 aromatic carbocycles. The summed E-state index contributed by atoms with van der Waals surface area (Å²) in [5, 5.41) is 6.38. The van der Waals surface area contributed by atoms with Crippen LogP contribution in [0.2, 0.25) is 10.0 Å². The van der Waals surface area contributed by atoms with E-state index in [0.717, 1.165) is 0 Å². The number of amides is 2. The minimum absolute atomic E-state index is 0.0103. The van der Waals surface area contributed by atoms with Crippen LogP contribution in [0.4, 0.5) is 11.4 Å². The number of carbonyl (C=O) groups is 2. The van der Waals surface area contributed by atoms with Gasteiger partial charge in [0.05, 0.1) is 5.69 Å². The van der Waals surface area contributed by atoms with Crippen LogP contribution in [-0.2, 0) is 9.59 Å². The molecule has 1 heterocycles. The second-order valence-electron chi connectivity index (χ2n) is 5.07. The second-order valence-corrected chi connectivity index (χ2v) is 5.95. The number of nitrogens with one attached hydrogen (secondary N) is 2. The number of rotatable bonds is 3. The Labute approximate surface area is 148 Å². The minimum atomic E-state index is -0.325. The highest BCUT2D eigenvalue weighted by molar-refractivity contribution is 6.34. The first-order valence-corrected chi connectivity index (χ1v) is 7.77. The molecule has 0 radical (unpaired) electrons. The number of halogens is 2. The summed E-state index contributed by atoms with van der Waals surface area (Å²) in [6.07, 6.45) is 2.98. The van der Waals surface area contributed by atoms with Crippen LogP contribution in [0.3, 0.4) is 0 Å². The highest BCUT2D eigenvalue weighted by Crippen LogP contribution is 2.30. The first kappa shape index (κ1) is 16.4. The Bertz CT molecular complexity index is 829. The lowest BCUT2D eigenvalue weighted by molar-refractivity contribution is -0.118. The lowest BCUT2D eigenvalue weighted by Crippen LogP contribution is -2.25. The zero-order valence-corrected chi connectivity index (χ0v) is 13.8. The second kappa shape index (κ2) is 6.95. The lowest BCUT2D eigenvalue weighted by Gasteiger charge is -2.18.